The van der Waals surface area contributed by atoms with Gasteiger partial charge in [-0.1, -0.05) is 0 Å². The van der Waals surface area contributed by atoms with Gasteiger partial charge in [0, 0.05) is 39.3 Å². The van der Waals surface area contributed by atoms with Gasteiger partial charge in [-0.2, -0.15) is 0 Å². The van der Waals surface area contributed by atoms with Crippen LogP contribution in [0.2, 0.25) is 0 Å². The maximum atomic E-state index is 12.4. The molecule has 150 valence electrons. The van der Waals surface area contributed by atoms with E-state index in [9.17, 15) is 4.79 Å². The summed E-state index contributed by atoms with van der Waals surface area (Å²) < 4.78 is 5.23. The Balaban J connectivity index is 1.48. The molecule has 0 atom stereocenters. The fraction of sp³-hybridized carbons (Fsp3) is 0.700. The van der Waals surface area contributed by atoms with E-state index in [-0.39, 0.29) is 5.91 Å². The number of nitrogens with zero attached hydrogens (tertiary/aromatic N) is 4. The van der Waals surface area contributed by atoms with Crippen LogP contribution in [0.4, 0.5) is 0 Å². The molecule has 1 aromatic rings. The number of carbonyl (C=O) groups is 1. The highest BCUT2D eigenvalue weighted by Gasteiger charge is 2.25. The monoisotopic (exact) mass is 375 g/mol. The van der Waals surface area contributed by atoms with Crippen molar-refractivity contribution in [2.24, 2.45) is 10.9 Å². The smallest absolute Gasteiger partial charge is 0.289 e. The average molecular weight is 376 g/mol. The van der Waals surface area contributed by atoms with E-state index < -0.39 is 0 Å². The van der Waals surface area contributed by atoms with Crippen molar-refractivity contribution in [3.05, 3.63) is 24.2 Å². The lowest BCUT2D eigenvalue weighted by Gasteiger charge is -2.36. The minimum absolute atomic E-state index is 0.0242. The van der Waals surface area contributed by atoms with Crippen LogP contribution < -0.4 is 5.32 Å². The molecule has 2 saturated heterocycles. The van der Waals surface area contributed by atoms with Crippen LogP contribution in [0.5, 0.6) is 0 Å². The molecular weight excluding hydrogens is 342 g/mol. The van der Waals surface area contributed by atoms with E-state index in [1.54, 1.807) is 18.4 Å². The van der Waals surface area contributed by atoms with Crippen LogP contribution in [0, 0.1) is 5.92 Å². The van der Waals surface area contributed by atoms with Crippen molar-refractivity contribution in [1.82, 2.24) is 20.0 Å². The Kier molecular flexibility index (Phi) is 7.15. The van der Waals surface area contributed by atoms with Gasteiger partial charge in [0.25, 0.3) is 5.91 Å². The SMILES string of the molecule is CCNC(=NCCC1CCN(C)CC1)N1CCN(C(=O)c2ccco2)CC1. The second-order valence-corrected chi connectivity index (χ2v) is 7.53. The van der Waals surface area contributed by atoms with Crippen LogP contribution in [0.3, 0.4) is 0 Å². The lowest BCUT2D eigenvalue weighted by atomic mass is 9.94. The molecule has 1 N–H and O–H groups in total. The number of hydrogen-bond donors (Lipinski definition) is 1. The first-order chi connectivity index (χ1) is 13.2. The molecule has 0 bridgehead atoms. The van der Waals surface area contributed by atoms with Gasteiger partial charge < -0.3 is 24.4 Å². The van der Waals surface area contributed by atoms with Gasteiger partial charge in [0.05, 0.1) is 6.26 Å². The molecule has 1 amide bonds. The number of aliphatic imine (C=N–C) groups is 1. The normalized spacial score (nSPS) is 20.1. The minimum atomic E-state index is -0.0242. The number of nitrogens with one attached hydrogen (secondary N) is 1. The average Bonchev–Trinajstić information content (AvgIpc) is 3.23. The van der Waals surface area contributed by atoms with Crippen molar-refractivity contribution < 1.29 is 9.21 Å². The van der Waals surface area contributed by atoms with Crippen molar-refractivity contribution in [2.75, 3.05) is 59.4 Å². The van der Waals surface area contributed by atoms with Gasteiger partial charge in [-0.25, -0.2) is 0 Å². The summed E-state index contributed by atoms with van der Waals surface area (Å²) >= 11 is 0. The zero-order valence-corrected chi connectivity index (χ0v) is 16.7. The second-order valence-electron chi connectivity index (χ2n) is 7.53. The molecule has 0 aromatic carbocycles. The quantitative estimate of drug-likeness (QED) is 0.627. The molecule has 7 nitrogen and oxygen atoms in total. The molecule has 0 unspecified atom stereocenters. The zero-order valence-electron chi connectivity index (χ0n) is 16.7. The van der Waals surface area contributed by atoms with Gasteiger partial charge in [-0.15, -0.1) is 0 Å². The van der Waals surface area contributed by atoms with Gasteiger partial charge in [0.15, 0.2) is 11.7 Å². The summed E-state index contributed by atoms with van der Waals surface area (Å²) in [5.74, 6) is 2.18. The number of piperidine rings is 1. The van der Waals surface area contributed by atoms with Crippen molar-refractivity contribution in [2.45, 2.75) is 26.2 Å². The Hall–Kier alpha value is -2.02. The van der Waals surface area contributed by atoms with Crippen LogP contribution in [0.15, 0.2) is 27.8 Å². The Morgan fingerprint density at radius 3 is 2.52 bits per heavy atom. The van der Waals surface area contributed by atoms with Crippen LogP contribution in [-0.2, 0) is 0 Å². The van der Waals surface area contributed by atoms with E-state index in [2.05, 4.69) is 29.1 Å². The van der Waals surface area contributed by atoms with Gasteiger partial charge in [0.1, 0.15) is 0 Å². The fourth-order valence-electron chi connectivity index (χ4n) is 3.81. The molecule has 1 aromatic heterocycles. The zero-order chi connectivity index (χ0) is 19.1. The highest BCUT2D eigenvalue weighted by molar-refractivity contribution is 5.91. The number of rotatable bonds is 5. The molecule has 0 aliphatic carbocycles. The van der Waals surface area contributed by atoms with E-state index in [1.165, 1.54) is 32.4 Å². The lowest BCUT2D eigenvalue weighted by molar-refractivity contribution is 0.0657. The number of piperazine rings is 1. The number of amides is 1. The summed E-state index contributed by atoms with van der Waals surface area (Å²) in [6, 6.07) is 3.48. The van der Waals surface area contributed by atoms with E-state index in [0.29, 0.717) is 18.8 Å². The number of furan rings is 1. The third kappa shape index (κ3) is 5.48. The number of carbonyl (C=O) groups excluding carboxylic acids is 1. The third-order valence-electron chi connectivity index (χ3n) is 5.57. The maximum Gasteiger partial charge on any atom is 0.289 e. The summed E-state index contributed by atoms with van der Waals surface area (Å²) in [4.78, 5) is 23.8. The van der Waals surface area contributed by atoms with Gasteiger partial charge in [0.2, 0.25) is 0 Å². The summed E-state index contributed by atoms with van der Waals surface area (Å²) in [6.45, 7) is 9.24. The molecule has 27 heavy (non-hydrogen) atoms. The van der Waals surface area contributed by atoms with Crippen LogP contribution in [0.1, 0.15) is 36.7 Å². The fourth-order valence-corrected chi connectivity index (χ4v) is 3.81. The van der Waals surface area contributed by atoms with Crippen molar-refractivity contribution in [3.8, 4) is 0 Å². The standard InChI is InChI=1S/C20H33N5O2/c1-3-21-20(22-9-6-17-7-10-23(2)11-8-17)25-14-12-24(13-15-25)19(26)18-5-4-16-27-18/h4-5,16-17H,3,6-15H2,1-2H3,(H,21,22). The summed E-state index contributed by atoms with van der Waals surface area (Å²) in [5, 5.41) is 3.41. The molecule has 0 radical (unpaired) electrons. The Bertz CT molecular complexity index is 600. The van der Waals surface area contributed by atoms with Crippen molar-refractivity contribution in [3.63, 3.8) is 0 Å². The number of hydrogen-bond acceptors (Lipinski definition) is 4. The van der Waals surface area contributed by atoms with Crippen molar-refractivity contribution in [1.29, 1.82) is 0 Å². The van der Waals surface area contributed by atoms with E-state index >= 15 is 0 Å². The van der Waals surface area contributed by atoms with Gasteiger partial charge >= 0.3 is 0 Å². The van der Waals surface area contributed by atoms with Crippen molar-refractivity contribution >= 4 is 11.9 Å². The highest BCUT2D eigenvalue weighted by Crippen LogP contribution is 2.19. The summed E-state index contributed by atoms with van der Waals surface area (Å²) in [7, 11) is 2.20. The first-order valence-corrected chi connectivity index (χ1v) is 10.2. The van der Waals surface area contributed by atoms with Gasteiger partial charge in [-0.05, 0) is 64.4 Å². The predicted octanol–water partition coefficient (Wildman–Crippen LogP) is 1.73. The predicted molar refractivity (Wildman–Crippen MR) is 107 cm³/mol. The molecule has 7 heteroatoms. The molecule has 2 aliphatic heterocycles. The van der Waals surface area contributed by atoms with E-state index in [4.69, 9.17) is 9.41 Å². The first kappa shape index (κ1) is 19.7. The molecule has 3 rings (SSSR count). The Morgan fingerprint density at radius 1 is 1.19 bits per heavy atom. The highest BCUT2D eigenvalue weighted by atomic mass is 16.3. The largest absolute Gasteiger partial charge is 0.459 e. The number of likely N-dealkylation sites (tertiary alicyclic amines) is 1. The molecule has 0 spiro atoms. The van der Waals surface area contributed by atoms with E-state index in [1.807, 2.05) is 4.90 Å². The lowest BCUT2D eigenvalue weighted by Crippen LogP contribution is -2.53. The van der Waals surface area contributed by atoms with E-state index in [0.717, 1.165) is 38.1 Å². The molecule has 3 heterocycles. The minimum Gasteiger partial charge on any atom is -0.459 e. The Morgan fingerprint density at radius 2 is 1.89 bits per heavy atom. The third-order valence-corrected chi connectivity index (χ3v) is 5.57. The van der Waals surface area contributed by atoms with Gasteiger partial charge in [-0.3, -0.25) is 9.79 Å². The molecule has 2 aliphatic rings. The van der Waals surface area contributed by atoms with Crippen LogP contribution in [0.25, 0.3) is 0 Å². The molecular formula is C20H33N5O2. The summed E-state index contributed by atoms with van der Waals surface area (Å²) in [5.41, 5.74) is 0. The first-order valence-electron chi connectivity index (χ1n) is 10.2. The number of guanidine groups is 1. The molecule has 2 fully saturated rings. The van der Waals surface area contributed by atoms with Crippen LogP contribution in [-0.4, -0.2) is 86.0 Å². The second kappa shape index (κ2) is 9.78. The maximum absolute atomic E-state index is 12.4. The molecule has 0 saturated carbocycles. The van der Waals surface area contributed by atoms with Crippen LogP contribution >= 0.6 is 0 Å². The topological polar surface area (TPSA) is 64.3 Å². The Labute approximate surface area is 162 Å². The summed E-state index contributed by atoms with van der Waals surface area (Å²) in [6.07, 6.45) is 5.29.